The molecule has 3 rings (SSSR count). The quantitative estimate of drug-likeness (QED) is 0.755. The smallest absolute Gasteiger partial charge is 0.277 e. The average Bonchev–Trinajstić information content (AvgIpc) is 2.79. The molecule has 0 saturated carbocycles. The molecule has 1 fully saturated rings. The average molecular weight is 383 g/mol. The van der Waals surface area contributed by atoms with Gasteiger partial charge in [0.25, 0.3) is 0 Å². The third-order valence-corrected chi connectivity index (χ3v) is 4.74. The predicted octanol–water partition coefficient (Wildman–Crippen LogP) is 3.97. The molecule has 4 nitrogen and oxygen atoms in total. The number of halogens is 4. The molecule has 1 aromatic heterocycles. The molecule has 0 bridgehead atoms. The Morgan fingerprint density at radius 2 is 1.85 bits per heavy atom. The third kappa shape index (κ3) is 3.19. The SMILES string of the molecule is CC1(c2ccc(Cl)cc2)CC(=O)N(Cc2cccnc2C(F)(F)F)C1=O. The van der Waals surface area contributed by atoms with Gasteiger partial charge in [-0.15, -0.1) is 0 Å². The number of hydrogen-bond acceptors (Lipinski definition) is 3. The Labute approximate surface area is 152 Å². The molecule has 26 heavy (non-hydrogen) atoms. The highest BCUT2D eigenvalue weighted by molar-refractivity contribution is 6.30. The van der Waals surface area contributed by atoms with Gasteiger partial charge in [-0.1, -0.05) is 29.8 Å². The number of aromatic nitrogens is 1. The van der Waals surface area contributed by atoms with Crippen LogP contribution in [-0.2, 0) is 27.7 Å². The van der Waals surface area contributed by atoms with E-state index in [-0.39, 0.29) is 12.0 Å². The molecule has 136 valence electrons. The number of likely N-dealkylation sites (tertiary alicyclic amines) is 1. The molecular formula is C18H14ClF3N2O2. The zero-order chi connectivity index (χ0) is 19.1. The number of carbonyl (C=O) groups excluding carboxylic acids is 2. The minimum absolute atomic E-state index is 0.116. The van der Waals surface area contributed by atoms with E-state index < -0.39 is 35.6 Å². The van der Waals surface area contributed by atoms with Crippen molar-refractivity contribution in [3.05, 3.63) is 64.4 Å². The summed E-state index contributed by atoms with van der Waals surface area (Å²) < 4.78 is 39.3. The van der Waals surface area contributed by atoms with Crippen molar-refractivity contribution < 1.29 is 22.8 Å². The molecule has 8 heteroatoms. The molecule has 2 amide bonds. The first-order valence-corrected chi connectivity index (χ1v) is 8.12. The first-order valence-electron chi connectivity index (χ1n) is 7.75. The lowest BCUT2D eigenvalue weighted by atomic mass is 9.81. The zero-order valence-electron chi connectivity index (χ0n) is 13.7. The number of hydrogen-bond donors (Lipinski definition) is 0. The maximum absolute atomic E-state index is 13.1. The Hall–Kier alpha value is -2.41. The number of alkyl halides is 3. The minimum Gasteiger partial charge on any atom is -0.277 e. The maximum atomic E-state index is 13.1. The van der Waals surface area contributed by atoms with E-state index in [4.69, 9.17) is 11.6 Å². The second-order valence-electron chi connectivity index (χ2n) is 6.31. The fraction of sp³-hybridized carbons (Fsp3) is 0.278. The molecule has 1 aromatic carbocycles. The minimum atomic E-state index is -4.66. The van der Waals surface area contributed by atoms with Crippen LogP contribution in [0, 0.1) is 0 Å². The molecule has 1 saturated heterocycles. The van der Waals surface area contributed by atoms with Crippen molar-refractivity contribution in [3.63, 3.8) is 0 Å². The van der Waals surface area contributed by atoms with Crippen molar-refractivity contribution in [2.75, 3.05) is 0 Å². The molecule has 0 radical (unpaired) electrons. The standard InChI is InChI=1S/C18H14ClF3N2O2/c1-17(12-4-6-13(19)7-5-12)9-14(25)24(16(17)26)10-11-3-2-8-23-15(11)18(20,21)22/h2-8H,9-10H2,1H3. The van der Waals surface area contributed by atoms with Gasteiger partial charge in [-0.25, -0.2) is 0 Å². The van der Waals surface area contributed by atoms with Crippen molar-refractivity contribution in [1.82, 2.24) is 9.88 Å². The van der Waals surface area contributed by atoms with Gasteiger partial charge in [-0.2, -0.15) is 13.2 Å². The second kappa shape index (κ2) is 6.39. The number of nitrogens with zero attached hydrogens (tertiary/aromatic N) is 2. The van der Waals surface area contributed by atoms with Crippen LogP contribution in [0.15, 0.2) is 42.6 Å². The summed E-state index contributed by atoms with van der Waals surface area (Å²) in [5.74, 6) is -1.06. The van der Waals surface area contributed by atoms with Gasteiger partial charge in [0.2, 0.25) is 11.8 Å². The first kappa shape index (κ1) is 18.4. The highest BCUT2D eigenvalue weighted by Crippen LogP contribution is 2.38. The van der Waals surface area contributed by atoms with Crippen LogP contribution in [0.4, 0.5) is 13.2 Å². The summed E-state index contributed by atoms with van der Waals surface area (Å²) in [6, 6.07) is 9.05. The van der Waals surface area contributed by atoms with E-state index in [9.17, 15) is 22.8 Å². The largest absolute Gasteiger partial charge is 0.433 e. The summed E-state index contributed by atoms with van der Waals surface area (Å²) in [5, 5.41) is 0.483. The second-order valence-corrected chi connectivity index (χ2v) is 6.75. The van der Waals surface area contributed by atoms with Crippen molar-refractivity contribution in [2.24, 2.45) is 0 Å². The van der Waals surface area contributed by atoms with Gasteiger partial charge in [0.1, 0.15) is 5.69 Å². The molecule has 1 atom stereocenters. The Bertz CT molecular complexity index is 867. The van der Waals surface area contributed by atoms with Gasteiger partial charge in [0.05, 0.1) is 12.0 Å². The van der Waals surface area contributed by atoms with E-state index in [1.165, 1.54) is 12.1 Å². The molecule has 0 N–H and O–H groups in total. The summed E-state index contributed by atoms with van der Waals surface area (Å²) in [6.07, 6.45) is -3.76. The Balaban J connectivity index is 1.93. The van der Waals surface area contributed by atoms with Gasteiger partial charge >= 0.3 is 6.18 Å². The van der Waals surface area contributed by atoms with E-state index in [1.807, 2.05) is 0 Å². The summed E-state index contributed by atoms with van der Waals surface area (Å²) in [5.41, 5.74) is -1.87. The predicted molar refractivity (Wildman–Crippen MR) is 88.2 cm³/mol. The van der Waals surface area contributed by atoms with E-state index in [2.05, 4.69) is 4.98 Å². The first-order chi connectivity index (χ1) is 12.1. The summed E-state index contributed by atoms with van der Waals surface area (Å²) in [4.78, 5) is 29.5. The normalized spacial score (nSPS) is 20.7. The Morgan fingerprint density at radius 3 is 2.46 bits per heavy atom. The molecule has 2 heterocycles. The highest BCUT2D eigenvalue weighted by atomic mass is 35.5. The van der Waals surface area contributed by atoms with Gasteiger partial charge in [0.15, 0.2) is 0 Å². The van der Waals surface area contributed by atoms with E-state index in [1.54, 1.807) is 31.2 Å². The highest BCUT2D eigenvalue weighted by Gasteiger charge is 2.49. The molecule has 0 aliphatic carbocycles. The van der Waals surface area contributed by atoms with E-state index in [0.29, 0.717) is 10.6 Å². The lowest BCUT2D eigenvalue weighted by Crippen LogP contribution is -2.36. The van der Waals surface area contributed by atoms with Crippen molar-refractivity contribution in [3.8, 4) is 0 Å². The number of carbonyl (C=O) groups is 2. The number of imide groups is 1. The Kier molecular flexibility index (Phi) is 4.52. The van der Waals surface area contributed by atoms with Crippen molar-refractivity contribution >= 4 is 23.4 Å². The third-order valence-electron chi connectivity index (χ3n) is 4.49. The number of pyridine rings is 1. The summed E-state index contributed by atoms with van der Waals surface area (Å²) in [6.45, 7) is 1.13. The van der Waals surface area contributed by atoms with E-state index >= 15 is 0 Å². The summed E-state index contributed by atoms with van der Waals surface area (Å²) >= 11 is 5.85. The van der Waals surface area contributed by atoms with Gasteiger partial charge in [-0.3, -0.25) is 19.5 Å². The number of rotatable bonds is 3. The van der Waals surface area contributed by atoms with Gasteiger partial charge in [0, 0.05) is 23.2 Å². The Morgan fingerprint density at radius 1 is 1.19 bits per heavy atom. The number of amides is 2. The van der Waals surface area contributed by atoms with Gasteiger partial charge < -0.3 is 0 Å². The van der Waals surface area contributed by atoms with Crippen LogP contribution in [0.5, 0.6) is 0 Å². The van der Waals surface area contributed by atoms with Crippen LogP contribution >= 0.6 is 11.6 Å². The van der Waals surface area contributed by atoms with E-state index in [0.717, 1.165) is 11.1 Å². The molecule has 1 unspecified atom stereocenters. The van der Waals surface area contributed by atoms with Crippen LogP contribution in [0.3, 0.4) is 0 Å². The number of benzene rings is 1. The lowest BCUT2D eigenvalue weighted by Gasteiger charge is -2.23. The lowest BCUT2D eigenvalue weighted by molar-refractivity contribution is -0.145. The molecule has 0 spiro atoms. The summed E-state index contributed by atoms with van der Waals surface area (Å²) in [7, 11) is 0. The van der Waals surface area contributed by atoms with Crippen LogP contribution in [0.25, 0.3) is 0 Å². The molecule has 1 aliphatic rings. The van der Waals surface area contributed by atoms with Crippen molar-refractivity contribution in [1.29, 1.82) is 0 Å². The van der Waals surface area contributed by atoms with Gasteiger partial charge in [-0.05, 0) is 30.7 Å². The van der Waals surface area contributed by atoms with Crippen LogP contribution in [-0.4, -0.2) is 21.7 Å². The van der Waals surface area contributed by atoms with Crippen molar-refractivity contribution in [2.45, 2.75) is 31.5 Å². The van der Waals surface area contributed by atoms with Crippen LogP contribution in [0.2, 0.25) is 5.02 Å². The van der Waals surface area contributed by atoms with Crippen LogP contribution < -0.4 is 0 Å². The fourth-order valence-electron chi connectivity index (χ4n) is 3.08. The van der Waals surface area contributed by atoms with Crippen LogP contribution in [0.1, 0.15) is 30.2 Å². The molecular weight excluding hydrogens is 369 g/mol. The zero-order valence-corrected chi connectivity index (χ0v) is 14.4. The molecule has 2 aromatic rings. The maximum Gasteiger partial charge on any atom is 0.433 e. The topological polar surface area (TPSA) is 50.3 Å². The monoisotopic (exact) mass is 382 g/mol. The molecule has 1 aliphatic heterocycles. The fourth-order valence-corrected chi connectivity index (χ4v) is 3.21.